The van der Waals surface area contributed by atoms with Crippen molar-refractivity contribution in [1.29, 1.82) is 0 Å². The number of anilines is 1. The minimum absolute atomic E-state index is 0.114. The quantitative estimate of drug-likeness (QED) is 0.767. The molecule has 1 aromatic carbocycles. The molecule has 170 valence electrons. The molecule has 1 N–H and O–H groups in total. The summed E-state index contributed by atoms with van der Waals surface area (Å²) >= 11 is 0. The Balaban J connectivity index is 1.23. The zero-order valence-corrected chi connectivity index (χ0v) is 18.4. The Morgan fingerprint density at radius 3 is 2.78 bits per heavy atom. The van der Waals surface area contributed by atoms with Crippen LogP contribution in [0.3, 0.4) is 0 Å². The first kappa shape index (κ1) is 21.3. The molecule has 0 unspecified atom stereocenters. The van der Waals surface area contributed by atoms with Gasteiger partial charge in [0.2, 0.25) is 11.9 Å². The van der Waals surface area contributed by atoms with Crippen LogP contribution in [0.4, 0.5) is 5.95 Å². The number of carbonyl (C=O) groups is 1. The van der Waals surface area contributed by atoms with Gasteiger partial charge in [0.05, 0.1) is 38.0 Å². The van der Waals surface area contributed by atoms with Gasteiger partial charge in [0.25, 0.3) is 0 Å². The number of carbonyl (C=O) groups excluding carboxylic acids is 1. The summed E-state index contributed by atoms with van der Waals surface area (Å²) in [6.07, 6.45) is 4.64. The number of nitrogens with one attached hydrogen (secondary N) is 1. The molecule has 2 aromatic rings. The Morgan fingerprint density at radius 2 is 1.94 bits per heavy atom. The summed E-state index contributed by atoms with van der Waals surface area (Å²) in [6, 6.07) is 10.8. The highest BCUT2D eigenvalue weighted by Gasteiger charge is 2.29. The summed E-state index contributed by atoms with van der Waals surface area (Å²) in [5, 5.41) is 3.44. The fraction of sp³-hybridized carbons (Fsp3) is 0.542. The number of aromatic nitrogens is 2. The van der Waals surface area contributed by atoms with Crippen LogP contribution in [0.25, 0.3) is 0 Å². The molecule has 0 aliphatic carbocycles. The molecule has 0 radical (unpaired) electrons. The molecule has 3 aliphatic rings. The Bertz CT molecular complexity index is 919. The summed E-state index contributed by atoms with van der Waals surface area (Å²) in [7, 11) is 0. The van der Waals surface area contributed by atoms with Crippen molar-refractivity contribution in [2.75, 3.05) is 51.4 Å². The second-order valence-electron chi connectivity index (χ2n) is 8.73. The molecule has 5 rings (SSSR count). The topological polar surface area (TPSA) is 79.8 Å². The van der Waals surface area contributed by atoms with Crippen LogP contribution >= 0.6 is 0 Å². The fourth-order valence-electron chi connectivity index (χ4n) is 4.69. The van der Waals surface area contributed by atoms with E-state index in [0.29, 0.717) is 44.8 Å². The van der Waals surface area contributed by atoms with Crippen molar-refractivity contribution >= 4 is 11.9 Å². The summed E-state index contributed by atoms with van der Waals surface area (Å²) in [5.41, 5.74) is 3.29. The minimum atomic E-state index is 0.114. The Morgan fingerprint density at radius 1 is 1.09 bits per heavy atom. The monoisotopic (exact) mass is 437 g/mol. The first-order chi connectivity index (χ1) is 15.8. The van der Waals surface area contributed by atoms with E-state index in [4.69, 9.17) is 14.5 Å². The van der Waals surface area contributed by atoms with E-state index >= 15 is 0 Å². The molecule has 3 aliphatic heterocycles. The number of rotatable bonds is 5. The maximum Gasteiger partial charge on any atom is 0.237 e. The van der Waals surface area contributed by atoms with E-state index in [-0.39, 0.29) is 11.9 Å². The van der Waals surface area contributed by atoms with E-state index in [1.807, 2.05) is 29.3 Å². The molecule has 2 saturated heterocycles. The highest BCUT2D eigenvalue weighted by atomic mass is 16.5. The van der Waals surface area contributed by atoms with Gasteiger partial charge in [-0.15, -0.1) is 0 Å². The minimum Gasteiger partial charge on any atom is -0.381 e. The number of morpholine rings is 1. The van der Waals surface area contributed by atoms with Crippen molar-refractivity contribution in [3.05, 3.63) is 53.3 Å². The van der Waals surface area contributed by atoms with Crippen molar-refractivity contribution in [2.24, 2.45) is 0 Å². The highest BCUT2D eigenvalue weighted by Crippen LogP contribution is 2.25. The maximum absolute atomic E-state index is 13.2. The van der Waals surface area contributed by atoms with Crippen LogP contribution in [-0.2, 0) is 27.2 Å². The number of ether oxygens (including phenoxy) is 2. The third-order valence-electron chi connectivity index (χ3n) is 6.62. The summed E-state index contributed by atoms with van der Waals surface area (Å²) < 4.78 is 11.1. The number of hydrogen-bond donors (Lipinski definition) is 1. The van der Waals surface area contributed by atoms with E-state index in [1.165, 1.54) is 5.56 Å². The van der Waals surface area contributed by atoms with Crippen molar-refractivity contribution in [1.82, 2.24) is 19.8 Å². The zero-order chi connectivity index (χ0) is 21.8. The first-order valence-corrected chi connectivity index (χ1v) is 11.6. The lowest BCUT2D eigenvalue weighted by Crippen LogP contribution is -2.47. The lowest BCUT2D eigenvalue weighted by atomic mass is 10.0. The van der Waals surface area contributed by atoms with E-state index in [1.54, 1.807) is 0 Å². The van der Waals surface area contributed by atoms with Crippen LogP contribution in [0.1, 0.15) is 35.7 Å². The summed E-state index contributed by atoms with van der Waals surface area (Å²) in [5.74, 6) is 0.804. The Labute approximate surface area is 188 Å². The molecule has 32 heavy (non-hydrogen) atoms. The molecular weight excluding hydrogens is 406 g/mol. The van der Waals surface area contributed by atoms with Crippen molar-refractivity contribution in [3.63, 3.8) is 0 Å². The fourth-order valence-corrected chi connectivity index (χ4v) is 4.69. The van der Waals surface area contributed by atoms with Crippen LogP contribution in [-0.4, -0.2) is 77.8 Å². The Hall–Kier alpha value is -2.55. The number of benzene rings is 1. The standard InChI is InChI=1S/C24H31N5O3/c30-23(16-28-10-13-32-17-22(28)18-4-2-1-3-5-18)29-9-6-19-14-25-24(27-21(19)15-29)26-20-7-11-31-12-8-20/h1-5,14,20,22H,6-13,15-17H2,(H,25,26,27)/t22-/m0/s1. The summed E-state index contributed by atoms with van der Waals surface area (Å²) in [4.78, 5) is 26.7. The summed E-state index contributed by atoms with van der Waals surface area (Å²) in [6.45, 7) is 5.24. The van der Waals surface area contributed by atoms with Crippen LogP contribution in [0.15, 0.2) is 36.5 Å². The van der Waals surface area contributed by atoms with Gasteiger partial charge in [-0.1, -0.05) is 30.3 Å². The number of fused-ring (bicyclic) bond motifs is 1. The normalized spacial score (nSPS) is 22.4. The predicted octanol–water partition coefficient (Wildman–Crippen LogP) is 2.03. The van der Waals surface area contributed by atoms with Gasteiger partial charge in [-0.3, -0.25) is 9.69 Å². The van der Waals surface area contributed by atoms with Gasteiger partial charge < -0.3 is 19.7 Å². The van der Waals surface area contributed by atoms with E-state index in [9.17, 15) is 4.79 Å². The van der Waals surface area contributed by atoms with Gasteiger partial charge in [-0.2, -0.15) is 0 Å². The van der Waals surface area contributed by atoms with Crippen LogP contribution < -0.4 is 5.32 Å². The first-order valence-electron chi connectivity index (χ1n) is 11.6. The lowest BCUT2D eigenvalue weighted by molar-refractivity contribution is -0.135. The molecule has 1 aromatic heterocycles. The third kappa shape index (κ3) is 4.92. The largest absolute Gasteiger partial charge is 0.381 e. The lowest BCUT2D eigenvalue weighted by Gasteiger charge is -2.37. The van der Waals surface area contributed by atoms with Crippen molar-refractivity contribution < 1.29 is 14.3 Å². The highest BCUT2D eigenvalue weighted by molar-refractivity contribution is 5.78. The van der Waals surface area contributed by atoms with E-state index in [0.717, 1.165) is 50.3 Å². The van der Waals surface area contributed by atoms with E-state index < -0.39 is 0 Å². The number of hydrogen-bond acceptors (Lipinski definition) is 7. The van der Waals surface area contributed by atoms with Gasteiger partial charge in [0.15, 0.2) is 0 Å². The molecule has 8 heteroatoms. The van der Waals surface area contributed by atoms with Crippen LogP contribution in [0.5, 0.6) is 0 Å². The smallest absolute Gasteiger partial charge is 0.237 e. The van der Waals surface area contributed by atoms with Crippen molar-refractivity contribution in [2.45, 2.75) is 37.9 Å². The van der Waals surface area contributed by atoms with Gasteiger partial charge in [-0.25, -0.2) is 9.97 Å². The molecule has 1 atom stereocenters. The second-order valence-corrected chi connectivity index (χ2v) is 8.73. The van der Waals surface area contributed by atoms with Crippen LogP contribution in [0, 0.1) is 0 Å². The molecule has 0 spiro atoms. The third-order valence-corrected chi connectivity index (χ3v) is 6.62. The second kappa shape index (κ2) is 9.94. The average Bonchev–Trinajstić information content (AvgIpc) is 2.85. The van der Waals surface area contributed by atoms with Gasteiger partial charge in [0, 0.05) is 38.5 Å². The van der Waals surface area contributed by atoms with Gasteiger partial charge in [-0.05, 0) is 30.4 Å². The average molecular weight is 438 g/mol. The molecule has 8 nitrogen and oxygen atoms in total. The van der Waals surface area contributed by atoms with Crippen LogP contribution in [0.2, 0.25) is 0 Å². The van der Waals surface area contributed by atoms with Crippen molar-refractivity contribution in [3.8, 4) is 0 Å². The molecule has 2 fully saturated rings. The predicted molar refractivity (Wildman–Crippen MR) is 120 cm³/mol. The molecule has 4 heterocycles. The van der Waals surface area contributed by atoms with E-state index in [2.05, 4.69) is 27.3 Å². The molecule has 0 saturated carbocycles. The maximum atomic E-state index is 13.2. The number of amides is 1. The molecule has 1 amide bonds. The zero-order valence-electron chi connectivity index (χ0n) is 18.4. The molecule has 0 bridgehead atoms. The van der Waals surface area contributed by atoms with Gasteiger partial charge >= 0.3 is 0 Å². The SMILES string of the molecule is O=C(CN1CCOC[C@H]1c1ccccc1)N1CCc2cnc(NC3CCOCC3)nc2C1. The molecular formula is C24H31N5O3. The van der Waals surface area contributed by atoms with Gasteiger partial charge in [0.1, 0.15) is 0 Å². The number of nitrogens with zero attached hydrogens (tertiary/aromatic N) is 4. The Kier molecular flexibility index (Phi) is 6.61.